The summed E-state index contributed by atoms with van der Waals surface area (Å²) in [5.41, 5.74) is 9.68. The molecule has 0 bridgehead atoms. The Morgan fingerprint density at radius 1 is 1.05 bits per heavy atom. The van der Waals surface area contributed by atoms with Crippen LogP contribution >= 0.6 is 0 Å². The Morgan fingerprint density at radius 2 is 1.81 bits per heavy atom. The Morgan fingerprint density at radius 3 is 2.52 bits per heavy atom. The van der Waals surface area contributed by atoms with E-state index in [9.17, 15) is 0 Å². The summed E-state index contributed by atoms with van der Waals surface area (Å²) in [7, 11) is 0. The third-order valence-electron chi connectivity index (χ3n) is 3.53. The summed E-state index contributed by atoms with van der Waals surface area (Å²) in [5, 5.41) is 0. The van der Waals surface area contributed by atoms with E-state index in [0.717, 1.165) is 31.6 Å². The lowest BCUT2D eigenvalue weighted by molar-refractivity contribution is 0.305. The third kappa shape index (κ3) is 4.91. The molecule has 2 heteroatoms. The minimum absolute atomic E-state index is 0.151. The van der Waals surface area contributed by atoms with Crippen LogP contribution in [-0.2, 0) is 12.8 Å². The number of ether oxygens (including phenoxy) is 1. The topological polar surface area (TPSA) is 35.2 Å². The molecule has 0 aliphatic rings. The average molecular weight is 283 g/mol. The number of rotatable bonds is 7. The predicted molar refractivity (Wildman–Crippen MR) is 88.8 cm³/mol. The van der Waals surface area contributed by atoms with E-state index in [4.69, 9.17) is 10.5 Å². The molecule has 2 aromatic rings. The van der Waals surface area contributed by atoms with Gasteiger partial charge in [0, 0.05) is 6.04 Å². The van der Waals surface area contributed by atoms with E-state index in [1.807, 2.05) is 13.0 Å². The number of benzene rings is 2. The van der Waals surface area contributed by atoms with Crippen molar-refractivity contribution in [1.82, 2.24) is 0 Å². The zero-order valence-electron chi connectivity index (χ0n) is 13.0. The van der Waals surface area contributed by atoms with Gasteiger partial charge >= 0.3 is 0 Å². The molecule has 112 valence electrons. The summed E-state index contributed by atoms with van der Waals surface area (Å²) >= 11 is 0. The van der Waals surface area contributed by atoms with Gasteiger partial charge in [0.25, 0.3) is 0 Å². The van der Waals surface area contributed by atoms with Gasteiger partial charge in [-0.25, -0.2) is 0 Å². The molecule has 0 amide bonds. The van der Waals surface area contributed by atoms with E-state index in [0.29, 0.717) is 0 Å². The lowest BCUT2D eigenvalue weighted by Gasteiger charge is -2.15. The highest BCUT2D eigenvalue weighted by Crippen LogP contribution is 2.24. The molecular weight excluding hydrogens is 258 g/mol. The summed E-state index contributed by atoms with van der Waals surface area (Å²) in [6, 6.07) is 17.0. The van der Waals surface area contributed by atoms with Crippen molar-refractivity contribution in [3.05, 3.63) is 65.2 Å². The highest BCUT2D eigenvalue weighted by molar-refractivity contribution is 5.41. The van der Waals surface area contributed by atoms with Gasteiger partial charge in [0.1, 0.15) is 5.75 Å². The first-order valence-electron chi connectivity index (χ1n) is 7.67. The minimum Gasteiger partial charge on any atom is -0.493 e. The number of nitrogens with two attached hydrogens (primary N) is 1. The lowest BCUT2D eigenvalue weighted by Crippen LogP contribution is -2.18. The maximum absolute atomic E-state index is 6.03. The van der Waals surface area contributed by atoms with Crippen LogP contribution in [0.3, 0.4) is 0 Å². The van der Waals surface area contributed by atoms with Crippen LogP contribution in [0.2, 0.25) is 0 Å². The fraction of sp³-hybridized carbons (Fsp3) is 0.368. The van der Waals surface area contributed by atoms with Gasteiger partial charge in [-0.2, -0.15) is 0 Å². The van der Waals surface area contributed by atoms with E-state index in [1.165, 1.54) is 16.7 Å². The number of aryl methyl sites for hydroxylation is 2. The molecule has 2 rings (SSSR count). The van der Waals surface area contributed by atoms with Crippen molar-refractivity contribution in [2.75, 3.05) is 6.61 Å². The lowest BCUT2D eigenvalue weighted by atomic mass is 10.0. The van der Waals surface area contributed by atoms with E-state index < -0.39 is 0 Å². The van der Waals surface area contributed by atoms with Gasteiger partial charge < -0.3 is 10.5 Å². The second kappa shape index (κ2) is 7.84. The molecule has 2 N–H and O–H groups in total. The molecule has 1 unspecified atom stereocenters. The molecule has 0 spiro atoms. The highest BCUT2D eigenvalue weighted by Gasteiger charge is 2.08. The summed E-state index contributed by atoms with van der Waals surface area (Å²) in [6.07, 6.45) is 2.93. The minimum atomic E-state index is 0.151. The van der Waals surface area contributed by atoms with Crippen molar-refractivity contribution < 1.29 is 4.74 Å². The SMILES string of the molecule is Cc1cccc(CC(C)N)c1OCCCc1ccccc1. The van der Waals surface area contributed by atoms with Crippen molar-refractivity contribution in [2.24, 2.45) is 5.73 Å². The molecule has 0 aromatic heterocycles. The van der Waals surface area contributed by atoms with Crippen LogP contribution in [0.1, 0.15) is 30.0 Å². The molecule has 0 fully saturated rings. The highest BCUT2D eigenvalue weighted by atomic mass is 16.5. The van der Waals surface area contributed by atoms with Gasteiger partial charge in [-0.05, 0) is 49.8 Å². The van der Waals surface area contributed by atoms with Crippen LogP contribution < -0.4 is 10.5 Å². The van der Waals surface area contributed by atoms with Crippen LogP contribution in [0.4, 0.5) is 0 Å². The molecule has 1 atom stereocenters. The Balaban J connectivity index is 1.90. The Kier molecular flexibility index (Phi) is 5.82. The smallest absolute Gasteiger partial charge is 0.125 e. The fourth-order valence-corrected chi connectivity index (χ4v) is 2.52. The second-order valence-corrected chi connectivity index (χ2v) is 5.68. The molecule has 2 nitrogen and oxygen atoms in total. The Labute approximate surface area is 127 Å². The number of para-hydroxylation sites is 1. The maximum Gasteiger partial charge on any atom is 0.125 e. The zero-order valence-corrected chi connectivity index (χ0v) is 13.0. The first kappa shape index (κ1) is 15.6. The van der Waals surface area contributed by atoms with E-state index >= 15 is 0 Å². The third-order valence-corrected chi connectivity index (χ3v) is 3.53. The van der Waals surface area contributed by atoms with Crippen molar-refractivity contribution in [2.45, 2.75) is 39.2 Å². The summed E-state index contributed by atoms with van der Waals surface area (Å²) in [5.74, 6) is 1.02. The van der Waals surface area contributed by atoms with Crippen molar-refractivity contribution in [3.8, 4) is 5.75 Å². The molecule has 0 saturated heterocycles. The van der Waals surface area contributed by atoms with E-state index in [1.54, 1.807) is 0 Å². The van der Waals surface area contributed by atoms with Gasteiger partial charge in [-0.1, -0.05) is 48.5 Å². The molecule has 0 radical (unpaired) electrons. The normalized spacial score (nSPS) is 12.1. The van der Waals surface area contributed by atoms with Gasteiger partial charge in [0.2, 0.25) is 0 Å². The van der Waals surface area contributed by atoms with E-state index in [2.05, 4.69) is 49.4 Å². The average Bonchev–Trinajstić information content (AvgIpc) is 2.46. The van der Waals surface area contributed by atoms with Crippen molar-refractivity contribution >= 4 is 0 Å². The first-order chi connectivity index (χ1) is 10.2. The summed E-state index contributed by atoms with van der Waals surface area (Å²) in [6.45, 7) is 4.87. The number of hydrogen-bond acceptors (Lipinski definition) is 2. The Hall–Kier alpha value is -1.80. The fourth-order valence-electron chi connectivity index (χ4n) is 2.52. The molecule has 0 aliphatic carbocycles. The molecule has 0 aliphatic heterocycles. The maximum atomic E-state index is 6.03. The van der Waals surface area contributed by atoms with Gasteiger partial charge in [-0.15, -0.1) is 0 Å². The van der Waals surface area contributed by atoms with Crippen molar-refractivity contribution in [1.29, 1.82) is 0 Å². The predicted octanol–water partition coefficient (Wildman–Crippen LogP) is 3.90. The van der Waals surface area contributed by atoms with E-state index in [-0.39, 0.29) is 6.04 Å². The van der Waals surface area contributed by atoms with Gasteiger partial charge in [-0.3, -0.25) is 0 Å². The standard InChI is InChI=1S/C19H25NO/c1-15-8-6-12-18(14-16(2)20)19(15)21-13-7-11-17-9-4-3-5-10-17/h3-6,8-10,12,16H,7,11,13-14,20H2,1-2H3. The summed E-state index contributed by atoms with van der Waals surface area (Å²) in [4.78, 5) is 0. The quantitative estimate of drug-likeness (QED) is 0.782. The largest absolute Gasteiger partial charge is 0.493 e. The zero-order chi connectivity index (χ0) is 15.1. The Bertz CT molecular complexity index is 549. The molecule has 0 heterocycles. The van der Waals surface area contributed by atoms with Gasteiger partial charge in [0.05, 0.1) is 6.61 Å². The van der Waals surface area contributed by atoms with Crippen LogP contribution in [0.25, 0.3) is 0 Å². The van der Waals surface area contributed by atoms with Crippen LogP contribution in [0, 0.1) is 6.92 Å². The molecule has 2 aromatic carbocycles. The van der Waals surface area contributed by atoms with Crippen LogP contribution in [0.15, 0.2) is 48.5 Å². The number of hydrogen-bond donors (Lipinski definition) is 1. The monoisotopic (exact) mass is 283 g/mol. The summed E-state index contributed by atoms with van der Waals surface area (Å²) < 4.78 is 6.03. The van der Waals surface area contributed by atoms with Gasteiger partial charge in [0.15, 0.2) is 0 Å². The molecule has 0 saturated carbocycles. The van der Waals surface area contributed by atoms with Crippen LogP contribution in [0.5, 0.6) is 5.75 Å². The molecule has 21 heavy (non-hydrogen) atoms. The van der Waals surface area contributed by atoms with Crippen molar-refractivity contribution in [3.63, 3.8) is 0 Å². The first-order valence-corrected chi connectivity index (χ1v) is 7.67. The van der Waals surface area contributed by atoms with Crippen LogP contribution in [-0.4, -0.2) is 12.6 Å². The second-order valence-electron chi connectivity index (χ2n) is 5.68. The molecular formula is C19H25NO.